The average Bonchev–Trinajstić information content (AvgIpc) is 2.89. The van der Waals surface area contributed by atoms with Crippen LogP contribution in [0.3, 0.4) is 0 Å². The van der Waals surface area contributed by atoms with E-state index in [0.29, 0.717) is 16.7 Å². The average molecular weight is 279 g/mol. The van der Waals surface area contributed by atoms with Crippen LogP contribution in [0, 0.1) is 0 Å². The van der Waals surface area contributed by atoms with Gasteiger partial charge in [-0.1, -0.05) is 28.9 Å². The summed E-state index contributed by atoms with van der Waals surface area (Å²) >= 11 is 6.11. The van der Waals surface area contributed by atoms with Gasteiger partial charge in [0, 0.05) is 26.2 Å². The lowest BCUT2D eigenvalue weighted by molar-refractivity contribution is 0.225. The molecule has 1 aliphatic heterocycles. The number of nitrogens with zero attached hydrogens (tertiary/aromatic N) is 3. The molecular weight excluding hydrogens is 264 g/mol. The maximum atomic E-state index is 6.11. The molecule has 1 N–H and O–H groups in total. The molecule has 0 atom stereocenters. The predicted octanol–water partition coefficient (Wildman–Crippen LogP) is 1.80. The summed E-state index contributed by atoms with van der Waals surface area (Å²) in [5.41, 5.74) is 0.781. The van der Waals surface area contributed by atoms with E-state index in [0.717, 1.165) is 38.3 Å². The van der Waals surface area contributed by atoms with Gasteiger partial charge in [-0.2, -0.15) is 4.98 Å². The quantitative estimate of drug-likeness (QED) is 0.928. The van der Waals surface area contributed by atoms with Crippen LogP contribution in [0.4, 0.5) is 0 Å². The molecule has 0 spiro atoms. The largest absolute Gasteiger partial charge is 0.334 e. The molecule has 0 amide bonds. The van der Waals surface area contributed by atoms with Gasteiger partial charge in [0.15, 0.2) is 5.82 Å². The first-order valence-electron chi connectivity index (χ1n) is 6.33. The molecular formula is C13H15ClN4O. The highest BCUT2D eigenvalue weighted by Crippen LogP contribution is 2.25. The zero-order chi connectivity index (χ0) is 13.1. The molecule has 0 saturated carbocycles. The fraction of sp³-hybridized carbons (Fsp3) is 0.385. The lowest BCUT2D eigenvalue weighted by Gasteiger charge is -2.25. The van der Waals surface area contributed by atoms with Crippen molar-refractivity contribution >= 4 is 11.6 Å². The number of nitrogens with one attached hydrogen (secondary N) is 1. The van der Waals surface area contributed by atoms with Crippen molar-refractivity contribution < 1.29 is 4.52 Å². The monoisotopic (exact) mass is 278 g/mol. The Balaban J connectivity index is 1.74. The predicted molar refractivity (Wildman–Crippen MR) is 72.9 cm³/mol. The van der Waals surface area contributed by atoms with E-state index < -0.39 is 0 Å². The van der Waals surface area contributed by atoms with Crippen molar-refractivity contribution in [2.24, 2.45) is 0 Å². The molecule has 1 aromatic heterocycles. The first-order valence-corrected chi connectivity index (χ1v) is 6.71. The number of halogens is 1. The van der Waals surface area contributed by atoms with Gasteiger partial charge in [0.25, 0.3) is 5.89 Å². The fourth-order valence-electron chi connectivity index (χ4n) is 2.13. The van der Waals surface area contributed by atoms with Gasteiger partial charge in [-0.25, -0.2) is 0 Å². The smallest absolute Gasteiger partial charge is 0.259 e. The van der Waals surface area contributed by atoms with E-state index in [1.54, 1.807) is 0 Å². The molecule has 1 saturated heterocycles. The van der Waals surface area contributed by atoms with Crippen molar-refractivity contribution in [1.82, 2.24) is 20.4 Å². The molecule has 0 bridgehead atoms. The van der Waals surface area contributed by atoms with Crippen LogP contribution in [0.5, 0.6) is 0 Å². The van der Waals surface area contributed by atoms with Crippen molar-refractivity contribution in [3.8, 4) is 11.5 Å². The van der Waals surface area contributed by atoms with Gasteiger partial charge >= 0.3 is 0 Å². The lowest BCUT2D eigenvalue weighted by Crippen LogP contribution is -2.43. The van der Waals surface area contributed by atoms with Gasteiger partial charge < -0.3 is 9.84 Å². The van der Waals surface area contributed by atoms with Crippen LogP contribution < -0.4 is 5.32 Å². The van der Waals surface area contributed by atoms with E-state index in [9.17, 15) is 0 Å². The summed E-state index contributed by atoms with van der Waals surface area (Å²) in [5, 5.41) is 7.96. The van der Waals surface area contributed by atoms with Crippen molar-refractivity contribution in [2.45, 2.75) is 6.54 Å². The highest BCUT2D eigenvalue weighted by molar-refractivity contribution is 6.33. The lowest BCUT2D eigenvalue weighted by atomic mass is 10.2. The molecule has 1 fully saturated rings. The minimum Gasteiger partial charge on any atom is -0.334 e. The third-order valence-corrected chi connectivity index (χ3v) is 3.48. The fourth-order valence-corrected chi connectivity index (χ4v) is 2.35. The Hall–Kier alpha value is -1.43. The molecule has 2 heterocycles. The standard InChI is InChI=1S/C13H15ClN4O/c14-11-4-2-1-3-10(11)13-16-12(17-19-13)9-18-7-5-15-6-8-18/h1-4,15H,5-9H2. The Morgan fingerprint density at radius 3 is 2.84 bits per heavy atom. The SMILES string of the molecule is Clc1ccccc1-c1nc(CN2CCNCC2)no1. The van der Waals surface area contributed by atoms with E-state index in [4.69, 9.17) is 16.1 Å². The highest BCUT2D eigenvalue weighted by atomic mass is 35.5. The summed E-state index contributed by atoms with van der Waals surface area (Å²) < 4.78 is 5.29. The molecule has 0 aliphatic carbocycles. The van der Waals surface area contributed by atoms with E-state index >= 15 is 0 Å². The second-order valence-electron chi connectivity index (χ2n) is 4.52. The highest BCUT2D eigenvalue weighted by Gasteiger charge is 2.15. The molecule has 0 unspecified atom stereocenters. The topological polar surface area (TPSA) is 54.2 Å². The Morgan fingerprint density at radius 2 is 2.05 bits per heavy atom. The van der Waals surface area contributed by atoms with E-state index in [2.05, 4.69) is 20.4 Å². The van der Waals surface area contributed by atoms with Crippen LogP contribution in [0.2, 0.25) is 5.02 Å². The summed E-state index contributed by atoms with van der Waals surface area (Å²) in [4.78, 5) is 6.71. The first kappa shape index (κ1) is 12.6. The number of piperazine rings is 1. The molecule has 100 valence electrons. The Bertz CT molecular complexity index is 551. The third-order valence-electron chi connectivity index (χ3n) is 3.15. The van der Waals surface area contributed by atoms with E-state index in [-0.39, 0.29) is 0 Å². The van der Waals surface area contributed by atoms with Gasteiger partial charge in [-0.05, 0) is 12.1 Å². The van der Waals surface area contributed by atoms with Crippen LogP contribution in [0.25, 0.3) is 11.5 Å². The summed E-state index contributed by atoms with van der Waals surface area (Å²) in [6, 6.07) is 7.48. The molecule has 0 radical (unpaired) electrons. The van der Waals surface area contributed by atoms with Crippen LogP contribution in [-0.2, 0) is 6.54 Å². The van der Waals surface area contributed by atoms with Crippen molar-refractivity contribution in [3.05, 3.63) is 35.1 Å². The van der Waals surface area contributed by atoms with Crippen molar-refractivity contribution in [1.29, 1.82) is 0 Å². The number of hydrogen-bond acceptors (Lipinski definition) is 5. The zero-order valence-corrected chi connectivity index (χ0v) is 11.2. The molecule has 1 aliphatic rings. The zero-order valence-electron chi connectivity index (χ0n) is 10.5. The second kappa shape index (κ2) is 5.69. The summed E-state index contributed by atoms with van der Waals surface area (Å²) in [5.74, 6) is 1.19. The van der Waals surface area contributed by atoms with Gasteiger partial charge in [0.2, 0.25) is 0 Å². The van der Waals surface area contributed by atoms with Gasteiger partial charge in [0.1, 0.15) is 0 Å². The number of aromatic nitrogens is 2. The Morgan fingerprint density at radius 1 is 1.26 bits per heavy atom. The molecule has 2 aromatic rings. The minimum absolute atomic E-state index is 0.482. The van der Waals surface area contributed by atoms with Gasteiger partial charge in [-0.3, -0.25) is 4.90 Å². The van der Waals surface area contributed by atoms with Gasteiger partial charge in [-0.15, -0.1) is 0 Å². The normalized spacial score (nSPS) is 16.7. The van der Waals surface area contributed by atoms with E-state index in [1.165, 1.54) is 0 Å². The van der Waals surface area contributed by atoms with Gasteiger partial charge in [0.05, 0.1) is 17.1 Å². The van der Waals surface area contributed by atoms with Crippen molar-refractivity contribution in [3.63, 3.8) is 0 Å². The maximum absolute atomic E-state index is 6.11. The molecule has 6 heteroatoms. The summed E-state index contributed by atoms with van der Waals surface area (Å²) in [6.45, 7) is 4.76. The maximum Gasteiger partial charge on any atom is 0.259 e. The van der Waals surface area contributed by atoms with Crippen LogP contribution in [-0.4, -0.2) is 41.2 Å². The number of benzene rings is 1. The number of hydrogen-bond donors (Lipinski definition) is 1. The number of rotatable bonds is 3. The first-order chi connectivity index (χ1) is 9.33. The Kier molecular flexibility index (Phi) is 3.77. The molecule has 5 nitrogen and oxygen atoms in total. The third kappa shape index (κ3) is 2.94. The molecule has 1 aromatic carbocycles. The van der Waals surface area contributed by atoms with Crippen LogP contribution >= 0.6 is 11.6 Å². The van der Waals surface area contributed by atoms with Crippen LogP contribution in [0.1, 0.15) is 5.82 Å². The molecule has 3 rings (SSSR count). The molecule has 19 heavy (non-hydrogen) atoms. The Labute approximate surface area is 116 Å². The summed E-state index contributed by atoms with van der Waals surface area (Å²) in [6.07, 6.45) is 0. The van der Waals surface area contributed by atoms with Crippen molar-refractivity contribution in [2.75, 3.05) is 26.2 Å². The van der Waals surface area contributed by atoms with E-state index in [1.807, 2.05) is 24.3 Å². The van der Waals surface area contributed by atoms with Crippen LogP contribution in [0.15, 0.2) is 28.8 Å². The summed E-state index contributed by atoms with van der Waals surface area (Å²) in [7, 11) is 0. The second-order valence-corrected chi connectivity index (χ2v) is 4.93. The minimum atomic E-state index is 0.482.